The maximum atomic E-state index is 12.9. The Morgan fingerprint density at radius 1 is 1.03 bits per heavy atom. The van der Waals surface area contributed by atoms with Crippen molar-refractivity contribution in [3.8, 4) is 11.5 Å². The van der Waals surface area contributed by atoms with Gasteiger partial charge in [-0.05, 0) is 37.3 Å². The number of hydrogen-bond donors (Lipinski definition) is 0. The number of thioether (sulfide) groups is 1. The number of hydrogen-bond acceptors (Lipinski definition) is 7. The van der Waals surface area contributed by atoms with E-state index < -0.39 is 10.0 Å². The van der Waals surface area contributed by atoms with E-state index in [0.717, 1.165) is 16.2 Å². The maximum absolute atomic E-state index is 12.9. The molecule has 0 saturated carbocycles. The summed E-state index contributed by atoms with van der Waals surface area (Å²) in [7, 11) is -3.54. The number of imidazole rings is 1. The quantitative estimate of drug-likeness (QED) is 0.333. The molecule has 168 valence electrons. The van der Waals surface area contributed by atoms with Crippen LogP contribution in [-0.2, 0) is 22.3 Å². The molecule has 32 heavy (non-hydrogen) atoms. The van der Waals surface area contributed by atoms with Crippen LogP contribution in [0.4, 0.5) is 0 Å². The molecule has 0 aliphatic heterocycles. The Morgan fingerprint density at radius 3 is 2.47 bits per heavy atom. The summed E-state index contributed by atoms with van der Waals surface area (Å²) in [6, 6.07) is 14.8. The molecule has 0 fully saturated rings. The van der Waals surface area contributed by atoms with Gasteiger partial charge in [-0.25, -0.2) is 13.4 Å². The van der Waals surface area contributed by atoms with Crippen LogP contribution >= 0.6 is 11.8 Å². The van der Waals surface area contributed by atoms with Gasteiger partial charge in [-0.2, -0.15) is 4.31 Å². The van der Waals surface area contributed by atoms with Gasteiger partial charge in [0.15, 0.2) is 5.16 Å². The summed E-state index contributed by atoms with van der Waals surface area (Å²) >= 11 is 1.48. The molecule has 0 saturated heterocycles. The first-order chi connectivity index (χ1) is 15.5. The fourth-order valence-corrected chi connectivity index (χ4v) is 5.91. The van der Waals surface area contributed by atoms with Crippen LogP contribution in [0.25, 0.3) is 22.5 Å². The Morgan fingerprint density at radius 2 is 1.78 bits per heavy atom. The number of nitrogens with zero attached hydrogens (tertiary/aromatic N) is 5. The Labute approximate surface area is 191 Å². The number of aromatic nitrogens is 4. The van der Waals surface area contributed by atoms with Crippen LogP contribution in [-0.4, -0.2) is 45.6 Å². The van der Waals surface area contributed by atoms with Crippen molar-refractivity contribution < 1.29 is 12.8 Å². The van der Waals surface area contributed by atoms with Crippen LogP contribution in [0.1, 0.15) is 26.7 Å². The summed E-state index contributed by atoms with van der Waals surface area (Å²) < 4.78 is 35.1. The van der Waals surface area contributed by atoms with E-state index in [1.165, 1.54) is 16.1 Å². The third-order valence-corrected chi connectivity index (χ3v) is 8.16. The predicted octanol–water partition coefficient (Wildman–Crippen LogP) is 4.43. The topological polar surface area (TPSA) is 94.1 Å². The van der Waals surface area contributed by atoms with E-state index in [-0.39, 0.29) is 4.90 Å². The molecule has 4 aromatic rings. The number of benzene rings is 2. The number of fused-ring (bicyclic) bond motifs is 1. The highest BCUT2D eigenvalue weighted by molar-refractivity contribution is 7.98. The van der Waals surface area contributed by atoms with E-state index in [4.69, 9.17) is 9.40 Å². The molecule has 0 atom stereocenters. The average Bonchev–Trinajstić information content (AvgIpc) is 3.42. The van der Waals surface area contributed by atoms with Crippen molar-refractivity contribution in [2.45, 2.75) is 43.1 Å². The minimum Gasteiger partial charge on any atom is -0.420 e. The van der Waals surface area contributed by atoms with Gasteiger partial charge in [0.2, 0.25) is 21.8 Å². The highest BCUT2D eigenvalue weighted by Gasteiger charge is 2.23. The molecule has 0 unspecified atom stereocenters. The summed E-state index contributed by atoms with van der Waals surface area (Å²) in [6.45, 7) is 7.26. The van der Waals surface area contributed by atoms with Crippen molar-refractivity contribution in [2.24, 2.45) is 0 Å². The van der Waals surface area contributed by atoms with Crippen LogP contribution in [0.15, 0.2) is 63.0 Å². The zero-order valence-electron chi connectivity index (χ0n) is 18.2. The first-order valence-corrected chi connectivity index (χ1v) is 12.9. The van der Waals surface area contributed by atoms with Gasteiger partial charge in [-0.15, -0.1) is 10.2 Å². The van der Waals surface area contributed by atoms with Crippen LogP contribution in [0, 0.1) is 0 Å². The molecular weight excluding hydrogens is 446 g/mol. The maximum Gasteiger partial charge on any atom is 0.247 e. The number of aryl methyl sites for hydroxylation is 1. The molecule has 0 N–H and O–H groups in total. The first-order valence-electron chi connectivity index (χ1n) is 10.5. The SMILES string of the molecule is CCN(CC)S(=O)(=O)c1ccc2c(c1)nc(SCc1nnc(-c3ccccc3)o1)n2CC. The normalized spacial score (nSPS) is 12.1. The largest absolute Gasteiger partial charge is 0.420 e. The van der Waals surface area contributed by atoms with Crippen LogP contribution in [0.5, 0.6) is 0 Å². The molecule has 0 aliphatic rings. The molecule has 2 aromatic carbocycles. The summed E-state index contributed by atoms with van der Waals surface area (Å²) in [4.78, 5) is 4.96. The predicted molar refractivity (Wildman–Crippen MR) is 125 cm³/mol. The second-order valence-corrected chi connectivity index (χ2v) is 9.91. The molecule has 4 rings (SSSR count). The van der Waals surface area contributed by atoms with Crippen molar-refractivity contribution >= 4 is 32.8 Å². The third-order valence-electron chi connectivity index (χ3n) is 5.16. The second kappa shape index (κ2) is 9.43. The molecule has 0 radical (unpaired) electrons. The molecule has 0 amide bonds. The van der Waals surface area contributed by atoms with Crippen molar-refractivity contribution in [2.75, 3.05) is 13.1 Å². The summed E-state index contributed by atoms with van der Waals surface area (Å²) in [5.74, 6) is 1.46. The van der Waals surface area contributed by atoms with Crippen LogP contribution in [0.2, 0.25) is 0 Å². The number of rotatable bonds is 9. The van der Waals surface area contributed by atoms with Gasteiger partial charge in [-0.3, -0.25) is 0 Å². The third kappa shape index (κ3) is 4.30. The lowest BCUT2D eigenvalue weighted by Gasteiger charge is -2.18. The average molecular weight is 472 g/mol. The Bertz CT molecular complexity index is 1310. The molecule has 10 heteroatoms. The molecule has 8 nitrogen and oxygen atoms in total. The molecule has 0 aliphatic carbocycles. The Hall–Kier alpha value is -2.69. The smallest absolute Gasteiger partial charge is 0.247 e. The molecular formula is C22H25N5O3S2. The zero-order valence-corrected chi connectivity index (χ0v) is 19.9. The summed E-state index contributed by atoms with van der Waals surface area (Å²) in [5.41, 5.74) is 2.42. The first kappa shape index (κ1) is 22.5. The van der Waals surface area contributed by atoms with Crippen molar-refractivity contribution in [3.05, 3.63) is 54.4 Å². The Kier molecular flexibility index (Phi) is 6.63. The van der Waals surface area contributed by atoms with E-state index in [2.05, 4.69) is 14.8 Å². The highest BCUT2D eigenvalue weighted by atomic mass is 32.2. The standard InChI is InChI=1S/C22H25N5O3S2/c1-4-26(5-2)32(28,29)17-12-13-19-18(14-17)23-22(27(19)6-3)31-15-20-24-25-21(30-20)16-10-8-7-9-11-16/h7-14H,4-6,15H2,1-3H3. The van der Waals surface area contributed by atoms with E-state index in [1.807, 2.05) is 57.2 Å². The zero-order chi connectivity index (χ0) is 22.7. The van der Waals surface area contributed by atoms with E-state index in [9.17, 15) is 8.42 Å². The van der Waals surface area contributed by atoms with Gasteiger partial charge in [0.25, 0.3) is 0 Å². The Balaban J connectivity index is 1.59. The lowest BCUT2D eigenvalue weighted by Crippen LogP contribution is -2.30. The van der Waals surface area contributed by atoms with Crippen molar-refractivity contribution in [1.82, 2.24) is 24.1 Å². The number of sulfonamides is 1. The monoisotopic (exact) mass is 471 g/mol. The van der Waals surface area contributed by atoms with Crippen LogP contribution < -0.4 is 0 Å². The fourth-order valence-electron chi connectivity index (χ4n) is 3.51. The molecule has 0 spiro atoms. The molecule has 0 bridgehead atoms. The van der Waals surface area contributed by atoms with Gasteiger partial charge in [0.05, 0.1) is 21.7 Å². The van der Waals surface area contributed by atoms with E-state index in [0.29, 0.717) is 42.7 Å². The second-order valence-electron chi connectivity index (χ2n) is 7.03. The van der Waals surface area contributed by atoms with Gasteiger partial charge in [-0.1, -0.05) is 43.8 Å². The lowest BCUT2D eigenvalue weighted by molar-refractivity contribution is 0.445. The molecule has 2 aromatic heterocycles. The van der Waals surface area contributed by atoms with Gasteiger partial charge in [0, 0.05) is 25.2 Å². The van der Waals surface area contributed by atoms with Gasteiger partial charge < -0.3 is 8.98 Å². The summed E-state index contributed by atoms with van der Waals surface area (Å²) in [6.07, 6.45) is 0. The minimum absolute atomic E-state index is 0.260. The summed E-state index contributed by atoms with van der Waals surface area (Å²) in [5, 5.41) is 9.05. The van der Waals surface area contributed by atoms with Crippen LogP contribution in [0.3, 0.4) is 0 Å². The highest BCUT2D eigenvalue weighted by Crippen LogP contribution is 2.29. The van der Waals surface area contributed by atoms with E-state index >= 15 is 0 Å². The fraction of sp³-hybridized carbons (Fsp3) is 0.318. The van der Waals surface area contributed by atoms with E-state index in [1.54, 1.807) is 12.1 Å². The minimum atomic E-state index is -3.54. The lowest BCUT2D eigenvalue weighted by atomic mass is 10.2. The van der Waals surface area contributed by atoms with Gasteiger partial charge in [0.1, 0.15) is 0 Å². The van der Waals surface area contributed by atoms with Crippen molar-refractivity contribution in [1.29, 1.82) is 0 Å². The van der Waals surface area contributed by atoms with Crippen molar-refractivity contribution in [3.63, 3.8) is 0 Å². The van der Waals surface area contributed by atoms with Gasteiger partial charge >= 0.3 is 0 Å². The molecule has 2 heterocycles.